The molecule has 2 aromatic rings. The molecule has 2 heterocycles. The van der Waals surface area contributed by atoms with Crippen LogP contribution in [0.3, 0.4) is 0 Å². The van der Waals surface area contributed by atoms with Crippen molar-refractivity contribution in [1.29, 1.82) is 0 Å². The van der Waals surface area contributed by atoms with Crippen LogP contribution in [0.5, 0.6) is 0 Å². The Hall–Kier alpha value is -1.35. The number of aryl methyl sites for hydroxylation is 1. The lowest BCUT2D eigenvalue weighted by molar-refractivity contribution is 0.189. The number of nitrogens with zero attached hydrogens (tertiary/aromatic N) is 2. The molecule has 0 aliphatic carbocycles. The highest BCUT2D eigenvalue weighted by Crippen LogP contribution is 2.18. The van der Waals surface area contributed by atoms with Crippen molar-refractivity contribution in [3.8, 4) is 0 Å². The van der Waals surface area contributed by atoms with Gasteiger partial charge in [0.05, 0.1) is 0 Å². The summed E-state index contributed by atoms with van der Waals surface area (Å²) in [7, 11) is 0. The van der Waals surface area contributed by atoms with Crippen molar-refractivity contribution in [1.82, 2.24) is 9.88 Å². The molecule has 1 aromatic carbocycles. The van der Waals surface area contributed by atoms with E-state index in [0.717, 1.165) is 29.3 Å². The van der Waals surface area contributed by atoms with E-state index in [4.69, 9.17) is 4.42 Å². The Kier molecular flexibility index (Phi) is 4.36. The molecule has 0 radical (unpaired) electrons. The van der Waals surface area contributed by atoms with Crippen LogP contribution in [-0.2, 0) is 6.42 Å². The SMILES string of the molecule is CC1CCN(CCCCc2nc3ccccc3o2)CC1. The Morgan fingerprint density at radius 3 is 2.80 bits per heavy atom. The van der Waals surface area contributed by atoms with Gasteiger partial charge in [-0.1, -0.05) is 19.1 Å². The Morgan fingerprint density at radius 1 is 1.20 bits per heavy atom. The summed E-state index contributed by atoms with van der Waals surface area (Å²) in [4.78, 5) is 7.13. The van der Waals surface area contributed by atoms with Gasteiger partial charge in [-0.2, -0.15) is 0 Å². The van der Waals surface area contributed by atoms with Crippen LogP contribution in [0.15, 0.2) is 28.7 Å². The van der Waals surface area contributed by atoms with Crippen molar-refractivity contribution in [2.75, 3.05) is 19.6 Å². The molecule has 1 fully saturated rings. The lowest BCUT2D eigenvalue weighted by Crippen LogP contribution is -2.33. The zero-order valence-corrected chi connectivity index (χ0v) is 12.3. The van der Waals surface area contributed by atoms with Gasteiger partial charge in [0.25, 0.3) is 0 Å². The molecule has 0 amide bonds. The van der Waals surface area contributed by atoms with Gasteiger partial charge in [-0.25, -0.2) is 4.98 Å². The first-order valence-corrected chi connectivity index (χ1v) is 7.88. The van der Waals surface area contributed by atoms with E-state index in [1.165, 1.54) is 45.3 Å². The average molecular weight is 272 g/mol. The second kappa shape index (κ2) is 6.40. The van der Waals surface area contributed by atoms with Gasteiger partial charge in [0.2, 0.25) is 0 Å². The van der Waals surface area contributed by atoms with Gasteiger partial charge in [0, 0.05) is 6.42 Å². The van der Waals surface area contributed by atoms with Gasteiger partial charge in [-0.05, 0) is 63.4 Å². The normalized spacial score (nSPS) is 17.9. The largest absolute Gasteiger partial charge is 0.441 e. The second-order valence-electron chi connectivity index (χ2n) is 6.06. The fourth-order valence-corrected chi connectivity index (χ4v) is 2.92. The quantitative estimate of drug-likeness (QED) is 0.773. The van der Waals surface area contributed by atoms with Crippen LogP contribution in [0.4, 0.5) is 0 Å². The molecule has 3 rings (SSSR count). The van der Waals surface area contributed by atoms with Crippen molar-refractivity contribution < 1.29 is 4.42 Å². The van der Waals surface area contributed by atoms with E-state index in [1.807, 2.05) is 24.3 Å². The molecule has 1 aliphatic rings. The van der Waals surface area contributed by atoms with E-state index in [2.05, 4.69) is 16.8 Å². The molecule has 0 unspecified atom stereocenters. The number of unbranched alkanes of at least 4 members (excludes halogenated alkanes) is 1. The number of likely N-dealkylation sites (tertiary alicyclic amines) is 1. The Labute approximate surface area is 121 Å². The first kappa shape index (κ1) is 13.6. The van der Waals surface area contributed by atoms with E-state index < -0.39 is 0 Å². The maximum atomic E-state index is 5.75. The summed E-state index contributed by atoms with van der Waals surface area (Å²) in [6, 6.07) is 8.00. The summed E-state index contributed by atoms with van der Waals surface area (Å²) >= 11 is 0. The first-order chi connectivity index (χ1) is 9.81. The van der Waals surface area contributed by atoms with E-state index in [9.17, 15) is 0 Å². The molecule has 0 bridgehead atoms. The summed E-state index contributed by atoms with van der Waals surface area (Å²) in [5.74, 6) is 1.81. The molecular weight excluding hydrogens is 248 g/mol. The minimum Gasteiger partial charge on any atom is -0.441 e. The molecule has 20 heavy (non-hydrogen) atoms. The summed E-state index contributed by atoms with van der Waals surface area (Å²) in [6.07, 6.45) is 6.10. The lowest BCUT2D eigenvalue weighted by atomic mass is 9.99. The number of hydrogen-bond donors (Lipinski definition) is 0. The Bertz CT molecular complexity index is 508. The third-order valence-corrected chi connectivity index (χ3v) is 4.33. The van der Waals surface area contributed by atoms with Crippen molar-refractivity contribution in [2.45, 2.75) is 39.0 Å². The third-order valence-electron chi connectivity index (χ3n) is 4.33. The first-order valence-electron chi connectivity index (χ1n) is 7.88. The van der Waals surface area contributed by atoms with Gasteiger partial charge in [0.15, 0.2) is 11.5 Å². The second-order valence-corrected chi connectivity index (χ2v) is 6.06. The number of hydrogen-bond acceptors (Lipinski definition) is 3. The van der Waals surface area contributed by atoms with Gasteiger partial charge < -0.3 is 9.32 Å². The highest BCUT2D eigenvalue weighted by Gasteiger charge is 2.14. The molecule has 108 valence electrons. The Balaban J connectivity index is 1.41. The summed E-state index contributed by atoms with van der Waals surface area (Å²) < 4.78 is 5.75. The highest BCUT2D eigenvalue weighted by molar-refractivity contribution is 5.72. The van der Waals surface area contributed by atoms with Crippen LogP contribution in [0, 0.1) is 5.92 Å². The molecule has 1 aromatic heterocycles. The number of benzene rings is 1. The topological polar surface area (TPSA) is 29.3 Å². The molecule has 0 spiro atoms. The van der Waals surface area contributed by atoms with Gasteiger partial charge in [-0.3, -0.25) is 0 Å². The van der Waals surface area contributed by atoms with Crippen LogP contribution >= 0.6 is 0 Å². The zero-order chi connectivity index (χ0) is 13.8. The molecule has 0 atom stereocenters. The van der Waals surface area contributed by atoms with Crippen molar-refractivity contribution >= 4 is 11.1 Å². The molecule has 1 saturated heterocycles. The molecule has 1 aliphatic heterocycles. The van der Waals surface area contributed by atoms with E-state index >= 15 is 0 Å². The molecule has 3 nitrogen and oxygen atoms in total. The average Bonchev–Trinajstić information content (AvgIpc) is 2.88. The van der Waals surface area contributed by atoms with Gasteiger partial charge in [0.1, 0.15) is 5.52 Å². The molecular formula is C17H24N2O. The van der Waals surface area contributed by atoms with Gasteiger partial charge in [-0.15, -0.1) is 0 Å². The molecule has 3 heteroatoms. The van der Waals surface area contributed by atoms with E-state index in [-0.39, 0.29) is 0 Å². The van der Waals surface area contributed by atoms with Crippen LogP contribution in [0.2, 0.25) is 0 Å². The number of piperidine rings is 1. The van der Waals surface area contributed by atoms with E-state index in [1.54, 1.807) is 0 Å². The van der Waals surface area contributed by atoms with Crippen LogP contribution in [-0.4, -0.2) is 29.5 Å². The summed E-state index contributed by atoms with van der Waals surface area (Å²) in [5.41, 5.74) is 1.89. The highest BCUT2D eigenvalue weighted by atomic mass is 16.3. The predicted octanol–water partition coefficient (Wildman–Crippen LogP) is 3.88. The fourth-order valence-electron chi connectivity index (χ4n) is 2.92. The zero-order valence-electron chi connectivity index (χ0n) is 12.3. The van der Waals surface area contributed by atoms with Crippen molar-refractivity contribution in [2.24, 2.45) is 5.92 Å². The van der Waals surface area contributed by atoms with Crippen LogP contribution < -0.4 is 0 Å². The Morgan fingerprint density at radius 2 is 2.00 bits per heavy atom. The van der Waals surface area contributed by atoms with Crippen molar-refractivity contribution in [3.63, 3.8) is 0 Å². The van der Waals surface area contributed by atoms with E-state index in [0.29, 0.717) is 0 Å². The monoisotopic (exact) mass is 272 g/mol. The number of rotatable bonds is 5. The minimum atomic E-state index is 0.887. The number of aromatic nitrogens is 1. The van der Waals surface area contributed by atoms with Crippen LogP contribution in [0.25, 0.3) is 11.1 Å². The smallest absolute Gasteiger partial charge is 0.195 e. The van der Waals surface area contributed by atoms with Gasteiger partial charge >= 0.3 is 0 Å². The van der Waals surface area contributed by atoms with Crippen molar-refractivity contribution in [3.05, 3.63) is 30.2 Å². The third kappa shape index (κ3) is 3.40. The summed E-state index contributed by atoms with van der Waals surface area (Å²) in [5, 5.41) is 0. The summed E-state index contributed by atoms with van der Waals surface area (Å²) in [6.45, 7) is 6.16. The standard InChI is InChI=1S/C17H24N2O/c1-14-9-12-19(13-10-14)11-5-4-8-17-18-15-6-2-3-7-16(15)20-17/h2-3,6-7,14H,4-5,8-13H2,1H3. The minimum absolute atomic E-state index is 0.887. The number of fused-ring (bicyclic) bond motifs is 1. The number of oxazole rings is 1. The number of para-hydroxylation sites is 2. The predicted molar refractivity (Wildman–Crippen MR) is 81.8 cm³/mol. The lowest BCUT2D eigenvalue weighted by Gasteiger charge is -2.30. The maximum absolute atomic E-state index is 5.75. The maximum Gasteiger partial charge on any atom is 0.195 e. The molecule has 0 saturated carbocycles. The van der Waals surface area contributed by atoms with Crippen LogP contribution in [0.1, 0.15) is 38.5 Å². The molecule has 0 N–H and O–H groups in total. The fraction of sp³-hybridized carbons (Fsp3) is 0.588.